The summed E-state index contributed by atoms with van der Waals surface area (Å²) in [7, 11) is -15.6. The number of phosphoric ester groups is 1. The quantitative estimate of drug-likeness (QED) is 0.154. The summed E-state index contributed by atoms with van der Waals surface area (Å²) in [4.78, 5) is 51.0. The number of halogens is 1. The third-order valence-corrected chi connectivity index (χ3v) is 8.93. The predicted molar refractivity (Wildman–Crippen MR) is 119 cm³/mol. The smallest absolute Gasteiger partial charge is 0.383 e. The number of nitrogens with zero attached hydrogens (tertiary/aromatic N) is 2. The molecule has 3 unspecified atom stereocenters. The molecule has 198 valence electrons. The molecule has 16 nitrogen and oxygen atoms in total. The molecule has 0 saturated carbocycles. The van der Waals surface area contributed by atoms with Crippen LogP contribution in [-0.4, -0.2) is 59.4 Å². The van der Waals surface area contributed by atoms with Gasteiger partial charge in [0.15, 0.2) is 11.1 Å². The maximum Gasteiger partial charge on any atom is 0.490 e. The van der Waals surface area contributed by atoms with Gasteiger partial charge in [-0.25, -0.2) is 18.5 Å². The van der Waals surface area contributed by atoms with Crippen LogP contribution < -0.4 is 11.4 Å². The number of anilines is 1. The van der Waals surface area contributed by atoms with Gasteiger partial charge in [-0.05, 0) is 26.8 Å². The molecule has 7 atom stereocenters. The molecule has 1 aromatic rings. The molecule has 1 fully saturated rings. The fourth-order valence-electron chi connectivity index (χ4n) is 3.42. The average molecular weight is 582 g/mol. The van der Waals surface area contributed by atoms with Crippen molar-refractivity contribution in [2.45, 2.75) is 50.2 Å². The Hall–Kier alpha value is -1.14. The Morgan fingerprint density at radius 1 is 1.26 bits per heavy atom. The highest BCUT2D eigenvalue weighted by atomic mass is 35.5. The van der Waals surface area contributed by atoms with Crippen molar-refractivity contribution in [3.05, 3.63) is 22.2 Å². The Morgan fingerprint density at radius 3 is 2.34 bits per heavy atom. The topological polar surface area (TPSA) is 239 Å². The van der Waals surface area contributed by atoms with E-state index in [9.17, 15) is 28.3 Å². The highest BCUT2D eigenvalue weighted by Gasteiger charge is 2.59. The SMILES string of the molecule is CC#CC1(Cl)[C@@H](OC)[C@@H]([C@H](C)OP(=O)(O)OP(=O)(O)OP(=O)(O)O)O[C@H]1n1c(C)cc(N)nc1=O. The molecule has 2 rings (SSSR count). The number of nitrogens with two attached hydrogens (primary N) is 1. The van der Waals surface area contributed by atoms with E-state index in [0.717, 1.165) is 4.57 Å². The molecule has 6 N–H and O–H groups in total. The van der Waals surface area contributed by atoms with Gasteiger partial charge in [0.05, 0.1) is 6.10 Å². The first-order valence-electron chi connectivity index (χ1n) is 9.34. The number of nitrogen functional groups attached to an aromatic ring is 1. The van der Waals surface area contributed by atoms with E-state index >= 15 is 0 Å². The fraction of sp³-hybridized carbons (Fsp3) is 0.600. The van der Waals surface area contributed by atoms with Crippen LogP contribution >= 0.6 is 35.1 Å². The second-order valence-corrected chi connectivity index (χ2v) is 12.1. The van der Waals surface area contributed by atoms with E-state index in [-0.39, 0.29) is 11.5 Å². The number of aromatic nitrogens is 2. The molecule has 1 aliphatic rings. The van der Waals surface area contributed by atoms with Gasteiger partial charge < -0.3 is 34.8 Å². The normalized spacial score (nSPS) is 29.0. The van der Waals surface area contributed by atoms with E-state index in [2.05, 4.69) is 25.4 Å². The number of ether oxygens (including phenoxy) is 2. The zero-order valence-electron chi connectivity index (χ0n) is 18.5. The number of hydrogen-bond acceptors (Lipinski definition) is 11. The summed E-state index contributed by atoms with van der Waals surface area (Å²) in [6, 6.07) is 1.37. The summed E-state index contributed by atoms with van der Waals surface area (Å²) in [6.07, 6.45) is -5.46. The van der Waals surface area contributed by atoms with Crippen LogP contribution in [0.2, 0.25) is 0 Å². The standard InChI is InChI=1S/C15H23ClN3O13P3/c1-5-6-15(16)12(28-4)11(29-13(15)19-8(2)7-10(17)18-14(19)20)9(3)30-34(24,25)32-35(26,27)31-33(21,22)23/h7,9,11-13H,1-4H3,(H,24,25)(H,26,27)(H2,17,18,20)(H2,21,22,23)/t9-,11+,12-,13+,15?/m0/s1. The number of phosphoric acid groups is 3. The van der Waals surface area contributed by atoms with Crippen LogP contribution in [0.15, 0.2) is 10.9 Å². The largest absolute Gasteiger partial charge is 0.490 e. The zero-order chi connectivity index (χ0) is 27.0. The predicted octanol–water partition coefficient (Wildman–Crippen LogP) is 0.779. The molecule has 20 heteroatoms. The van der Waals surface area contributed by atoms with Gasteiger partial charge in [-0.1, -0.05) is 17.5 Å². The Morgan fingerprint density at radius 2 is 1.86 bits per heavy atom. The number of rotatable bonds is 9. The lowest BCUT2D eigenvalue weighted by Gasteiger charge is -2.29. The van der Waals surface area contributed by atoms with E-state index in [1.54, 1.807) is 0 Å². The summed E-state index contributed by atoms with van der Waals surface area (Å²) in [6.45, 7) is 4.14. The highest BCUT2D eigenvalue weighted by molar-refractivity contribution is 7.66. The summed E-state index contributed by atoms with van der Waals surface area (Å²) in [5, 5.41) is 0. The first kappa shape index (κ1) is 30.1. The van der Waals surface area contributed by atoms with Gasteiger partial charge in [-0.2, -0.15) is 13.6 Å². The second kappa shape index (κ2) is 10.7. The fourth-order valence-corrected chi connectivity index (χ4v) is 7.08. The maximum atomic E-state index is 12.6. The van der Waals surface area contributed by atoms with Crippen molar-refractivity contribution in [2.24, 2.45) is 0 Å². The minimum absolute atomic E-state index is 0.0654. The number of hydrogen-bond donors (Lipinski definition) is 5. The molecule has 0 bridgehead atoms. The number of aryl methyl sites for hydroxylation is 1. The lowest BCUT2D eigenvalue weighted by atomic mass is 9.96. The van der Waals surface area contributed by atoms with Gasteiger partial charge in [0.2, 0.25) is 0 Å². The summed E-state index contributed by atoms with van der Waals surface area (Å²) < 4.78 is 59.2. The molecule has 0 radical (unpaired) electrons. The van der Waals surface area contributed by atoms with Gasteiger partial charge in [0.1, 0.15) is 18.0 Å². The summed E-state index contributed by atoms with van der Waals surface area (Å²) in [5.74, 6) is 5.22. The molecule has 2 heterocycles. The van der Waals surface area contributed by atoms with Crippen LogP contribution in [0.5, 0.6) is 0 Å². The Bertz CT molecular complexity index is 1230. The van der Waals surface area contributed by atoms with Crippen LogP contribution in [0.4, 0.5) is 5.82 Å². The van der Waals surface area contributed by atoms with Crippen LogP contribution in [0.25, 0.3) is 0 Å². The van der Waals surface area contributed by atoms with E-state index in [1.165, 1.54) is 33.9 Å². The molecule has 1 aliphatic heterocycles. The Kier molecular flexibility index (Phi) is 9.19. The zero-order valence-corrected chi connectivity index (χ0v) is 22.0. The van der Waals surface area contributed by atoms with Crippen molar-refractivity contribution >= 4 is 40.9 Å². The maximum absolute atomic E-state index is 12.6. The first-order chi connectivity index (χ1) is 15.9. The Labute approximate surface area is 203 Å². The van der Waals surface area contributed by atoms with E-state index in [1.807, 2.05) is 0 Å². The second-order valence-electron chi connectivity index (χ2n) is 7.13. The molecule has 0 aliphatic carbocycles. The van der Waals surface area contributed by atoms with Gasteiger partial charge in [-0.15, -0.1) is 5.92 Å². The molecule has 0 spiro atoms. The molecule has 1 saturated heterocycles. The van der Waals surface area contributed by atoms with Gasteiger partial charge in [0.25, 0.3) is 0 Å². The molecule has 0 aromatic carbocycles. The number of methoxy groups -OCH3 is 1. The van der Waals surface area contributed by atoms with Crippen molar-refractivity contribution in [1.82, 2.24) is 9.55 Å². The molecule has 1 aromatic heterocycles. The summed E-state index contributed by atoms with van der Waals surface area (Å²) >= 11 is 6.76. The minimum Gasteiger partial charge on any atom is -0.383 e. The van der Waals surface area contributed by atoms with E-state index in [0.29, 0.717) is 0 Å². The van der Waals surface area contributed by atoms with E-state index in [4.69, 9.17) is 41.1 Å². The van der Waals surface area contributed by atoms with Crippen LogP contribution in [0.1, 0.15) is 25.8 Å². The summed E-state index contributed by atoms with van der Waals surface area (Å²) in [5.41, 5.74) is 5.04. The molecule has 0 amide bonds. The molecular weight excluding hydrogens is 559 g/mol. The van der Waals surface area contributed by atoms with Crippen molar-refractivity contribution < 1.29 is 55.9 Å². The third kappa shape index (κ3) is 7.21. The molecule has 35 heavy (non-hydrogen) atoms. The van der Waals surface area contributed by atoms with Gasteiger partial charge in [0, 0.05) is 12.8 Å². The number of alkyl halides is 1. The lowest BCUT2D eigenvalue weighted by molar-refractivity contribution is -0.0817. The third-order valence-electron chi connectivity index (χ3n) is 4.51. The van der Waals surface area contributed by atoms with Gasteiger partial charge >= 0.3 is 29.2 Å². The Balaban J connectivity index is 2.42. The first-order valence-corrected chi connectivity index (χ1v) is 14.2. The highest BCUT2D eigenvalue weighted by Crippen LogP contribution is 2.66. The van der Waals surface area contributed by atoms with E-state index < -0.39 is 58.6 Å². The monoisotopic (exact) mass is 581 g/mol. The van der Waals surface area contributed by atoms with Crippen molar-refractivity contribution in [3.63, 3.8) is 0 Å². The van der Waals surface area contributed by atoms with Crippen LogP contribution in [0.3, 0.4) is 0 Å². The lowest BCUT2D eigenvalue weighted by Crippen LogP contribution is -2.46. The van der Waals surface area contributed by atoms with Crippen LogP contribution in [-0.2, 0) is 36.3 Å². The minimum atomic E-state index is -5.75. The molecular formula is C15H23ClN3O13P3. The van der Waals surface area contributed by atoms with Crippen molar-refractivity contribution in [2.75, 3.05) is 12.8 Å². The van der Waals surface area contributed by atoms with Crippen LogP contribution in [0, 0.1) is 18.8 Å². The van der Waals surface area contributed by atoms with Gasteiger partial charge in [-0.3, -0.25) is 9.09 Å². The average Bonchev–Trinajstić information content (AvgIpc) is 2.90. The van der Waals surface area contributed by atoms with Crippen molar-refractivity contribution in [3.8, 4) is 11.8 Å². The van der Waals surface area contributed by atoms with Crippen molar-refractivity contribution in [1.29, 1.82) is 0 Å².